The SMILES string of the molecule is Cc1cc(N)ccc1C(=O)NCC1CCN(C(C)C)C1. The number of carbonyl (C=O) groups excluding carboxylic acids is 1. The van der Waals surface area contributed by atoms with Crippen molar-refractivity contribution in [3.63, 3.8) is 0 Å². The molecule has 1 aliphatic rings. The number of hydrogen-bond acceptors (Lipinski definition) is 3. The van der Waals surface area contributed by atoms with Crippen LogP contribution in [-0.2, 0) is 0 Å². The van der Waals surface area contributed by atoms with Gasteiger partial charge in [0.1, 0.15) is 0 Å². The van der Waals surface area contributed by atoms with Crippen molar-refractivity contribution in [1.29, 1.82) is 0 Å². The molecule has 1 heterocycles. The lowest BCUT2D eigenvalue weighted by Crippen LogP contribution is -2.33. The van der Waals surface area contributed by atoms with E-state index in [9.17, 15) is 4.79 Å². The van der Waals surface area contributed by atoms with E-state index in [1.807, 2.05) is 13.0 Å². The molecule has 0 radical (unpaired) electrons. The number of amides is 1. The molecule has 1 unspecified atom stereocenters. The molecule has 4 nitrogen and oxygen atoms in total. The summed E-state index contributed by atoms with van der Waals surface area (Å²) < 4.78 is 0. The van der Waals surface area contributed by atoms with Crippen molar-refractivity contribution in [2.45, 2.75) is 33.2 Å². The molecular formula is C16H25N3O. The molecule has 1 atom stereocenters. The van der Waals surface area contributed by atoms with Gasteiger partial charge in [0.05, 0.1) is 0 Å². The van der Waals surface area contributed by atoms with Crippen molar-refractivity contribution in [3.05, 3.63) is 29.3 Å². The molecule has 1 fully saturated rings. The third-order valence-electron chi connectivity index (χ3n) is 4.09. The van der Waals surface area contributed by atoms with Crippen LogP contribution < -0.4 is 11.1 Å². The molecule has 1 aromatic carbocycles. The standard InChI is InChI=1S/C16H25N3O/c1-11(2)19-7-6-13(10-19)9-18-16(20)15-5-4-14(17)8-12(15)3/h4-5,8,11,13H,6-7,9-10,17H2,1-3H3,(H,18,20). The second kappa shape index (κ2) is 6.27. The first-order valence-corrected chi connectivity index (χ1v) is 7.35. The van der Waals surface area contributed by atoms with Gasteiger partial charge < -0.3 is 16.0 Å². The zero-order chi connectivity index (χ0) is 14.7. The number of rotatable bonds is 4. The van der Waals surface area contributed by atoms with Gasteiger partial charge in [-0.1, -0.05) is 0 Å². The van der Waals surface area contributed by atoms with E-state index in [1.165, 1.54) is 6.42 Å². The predicted molar refractivity (Wildman–Crippen MR) is 82.7 cm³/mol. The van der Waals surface area contributed by atoms with Crippen molar-refractivity contribution in [2.75, 3.05) is 25.4 Å². The van der Waals surface area contributed by atoms with Crippen LogP contribution in [0.15, 0.2) is 18.2 Å². The first-order valence-electron chi connectivity index (χ1n) is 7.35. The van der Waals surface area contributed by atoms with Crippen LogP contribution >= 0.6 is 0 Å². The van der Waals surface area contributed by atoms with Crippen LogP contribution in [-0.4, -0.2) is 36.5 Å². The van der Waals surface area contributed by atoms with E-state index in [0.717, 1.165) is 30.8 Å². The van der Waals surface area contributed by atoms with Gasteiger partial charge in [-0.3, -0.25) is 4.79 Å². The molecule has 0 bridgehead atoms. The Kier molecular flexibility index (Phi) is 4.65. The Morgan fingerprint density at radius 1 is 1.50 bits per heavy atom. The van der Waals surface area contributed by atoms with E-state index in [1.54, 1.807) is 12.1 Å². The zero-order valence-corrected chi connectivity index (χ0v) is 12.6. The molecule has 0 aliphatic carbocycles. The Balaban J connectivity index is 1.87. The third-order valence-corrected chi connectivity index (χ3v) is 4.09. The van der Waals surface area contributed by atoms with E-state index in [-0.39, 0.29) is 5.91 Å². The van der Waals surface area contributed by atoms with Gasteiger partial charge in [0.2, 0.25) is 0 Å². The van der Waals surface area contributed by atoms with Crippen molar-refractivity contribution in [3.8, 4) is 0 Å². The van der Waals surface area contributed by atoms with Gasteiger partial charge in [0.15, 0.2) is 0 Å². The van der Waals surface area contributed by atoms with Crippen LogP contribution in [0.5, 0.6) is 0 Å². The second-order valence-electron chi connectivity index (χ2n) is 6.03. The highest BCUT2D eigenvalue weighted by Gasteiger charge is 2.24. The summed E-state index contributed by atoms with van der Waals surface area (Å²) in [5, 5.41) is 3.05. The average molecular weight is 275 g/mol. The number of nitrogens with zero attached hydrogens (tertiary/aromatic N) is 1. The summed E-state index contributed by atoms with van der Waals surface area (Å²) in [5.41, 5.74) is 8.05. The average Bonchev–Trinajstić information content (AvgIpc) is 2.85. The van der Waals surface area contributed by atoms with Crippen LogP contribution in [0.3, 0.4) is 0 Å². The molecule has 110 valence electrons. The fraction of sp³-hybridized carbons (Fsp3) is 0.562. The van der Waals surface area contributed by atoms with E-state index in [4.69, 9.17) is 5.73 Å². The van der Waals surface area contributed by atoms with Crippen molar-refractivity contribution >= 4 is 11.6 Å². The van der Waals surface area contributed by atoms with Crippen LogP contribution in [0.25, 0.3) is 0 Å². The number of hydrogen-bond donors (Lipinski definition) is 2. The molecule has 1 saturated heterocycles. The quantitative estimate of drug-likeness (QED) is 0.827. The van der Waals surface area contributed by atoms with Gasteiger partial charge in [0.25, 0.3) is 5.91 Å². The third kappa shape index (κ3) is 3.51. The zero-order valence-electron chi connectivity index (χ0n) is 12.6. The highest BCUT2D eigenvalue weighted by molar-refractivity contribution is 5.96. The molecule has 2 rings (SSSR count). The first kappa shape index (κ1) is 14.9. The normalized spacial score (nSPS) is 19.5. The van der Waals surface area contributed by atoms with Crippen molar-refractivity contribution in [1.82, 2.24) is 10.2 Å². The smallest absolute Gasteiger partial charge is 0.251 e. The fourth-order valence-electron chi connectivity index (χ4n) is 2.77. The number of nitrogens with two attached hydrogens (primary N) is 1. The van der Waals surface area contributed by atoms with Crippen LogP contribution in [0.2, 0.25) is 0 Å². The molecule has 0 spiro atoms. The predicted octanol–water partition coefficient (Wildman–Crippen LogP) is 2.04. The Morgan fingerprint density at radius 3 is 2.85 bits per heavy atom. The number of nitrogen functional groups attached to an aromatic ring is 1. The highest BCUT2D eigenvalue weighted by atomic mass is 16.1. The number of benzene rings is 1. The van der Waals surface area contributed by atoms with E-state index >= 15 is 0 Å². The second-order valence-corrected chi connectivity index (χ2v) is 6.03. The topological polar surface area (TPSA) is 58.4 Å². The van der Waals surface area contributed by atoms with Gasteiger partial charge in [-0.05, 0) is 63.4 Å². The molecule has 1 aromatic rings. The summed E-state index contributed by atoms with van der Waals surface area (Å²) in [5.74, 6) is 0.570. The maximum Gasteiger partial charge on any atom is 0.251 e. The Labute approximate surface area is 121 Å². The maximum absolute atomic E-state index is 12.2. The summed E-state index contributed by atoms with van der Waals surface area (Å²) in [6.45, 7) is 9.34. The number of nitrogens with one attached hydrogen (secondary N) is 1. The minimum atomic E-state index is 0.00509. The Hall–Kier alpha value is -1.55. The van der Waals surface area contributed by atoms with E-state index in [2.05, 4.69) is 24.1 Å². The molecule has 4 heteroatoms. The molecule has 20 heavy (non-hydrogen) atoms. The van der Waals surface area contributed by atoms with Crippen LogP contribution in [0, 0.1) is 12.8 Å². The van der Waals surface area contributed by atoms with Crippen molar-refractivity contribution < 1.29 is 4.79 Å². The summed E-state index contributed by atoms with van der Waals surface area (Å²) >= 11 is 0. The summed E-state index contributed by atoms with van der Waals surface area (Å²) in [4.78, 5) is 14.6. The van der Waals surface area contributed by atoms with Crippen molar-refractivity contribution in [2.24, 2.45) is 5.92 Å². The molecule has 1 aliphatic heterocycles. The minimum absolute atomic E-state index is 0.00509. The number of carbonyl (C=O) groups is 1. The van der Waals surface area contributed by atoms with Gasteiger partial charge in [-0.25, -0.2) is 0 Å². The molecule has 3 N–H and O–H groups in total. The largest absolute Gasteiger partial charge is 0.399 e. The maximum atomic E-state index is 12.2. The summed E-state index contributed by atoms with van der Waals surface area (Å²) in [6.07, 6.45) is 1.17. The minimum Gasteiger partial charge on any atom is -0.399 e. The highest BCUT2D eigenvalue weighted by Crippen LogP contribution is 2.18. The van der Waals surface area contributed by atoms with Gasteiger partial charge in [0, 0.05) is 30.4 Å². The molecule has 0 aromatic heterocycles. The Bertz CT molecular complexity index is 485. The van der Waals surface area contributed by atoms with Gasteiger partial charge in [-0.2, -0.15) is 0 Å². The van der Waals surface area contributed by atoms with Crippen LogP contribution in [0.4, 0.5) is 5.69 Å². The van der Waals surface area contributed by atoms with E-state index in [0.29, 0.717) is 17.6 Å². The lowest BCUT2D eigenvalue weighted by Gasteiger charge is -2.20. The van der Waals surface area contributed by atoms with Gasteiger partial charge >= 0.3 is 0 Å². The van der Waals surface area contributed by atoms with Gasteiger partial charge in [-0.15, -0.1) is 0 Å². The number of likely N-dealkylation sites (tertiary alicyclic amines) is 1. The first-order chi connectivity index (χ1) is 9.47. The molecule has 0 saturated carbocycles. The lowest BCUT2D eigenvalue weighted by atomic mass is 10.1. The van der Waals surface area contributed by atoms with E-state index < -0.39 is 0 Å². The lowest BCUT2D eigenvalue weighted by molar-refractivity contribution is 0.0946. The number of anilines is 1. The van der Waals surface area contributed by atoms with Crippen LogP contribution in [0.1, 0.15) is 36.2 Å². The molecular weight excluding hydrogens is 250 g/mol. The Morgan fingerprint density at radius 2 is 2.25 bits per heavy atom. The monoisotopic (exact) mass is 275 g/mol. The fourth-order valence-corrected chi connectivity index (χ4v) is 2.77. The summed E-state index contributed by atoms with van der Waals surface area (Å²) in [7, 11) is 0. The number of aryl methyl sites for hydroxylation is 1. The molecule has 1 amide bonds. The summed E-state index contributed by atoms with van der Waals surface area (Å²) in [6, 6.07) is 6.01.